The third-order valence-electron chi connectivity index (χ3n) is 3.85. The van der Waals surface area contributed by atoms with E-state index in [9.17, 15) is 4.79 Å². The summed E-state index contributed by atoms with van der Waals surface area (Å²) in [7, 11) is 0. The summed E-state index contributed by atoms with van der Waals surface area (Å²) in [5.74, 6) is 1.23. The van der Waals surface area contributed by atoms with Gasteiger partial charge in [-0.15, -0.1) is 0 Å². The summed E-state index contributed by atoms with van der Waals surface area (Å²) in [5.41, 5.74) is 0. The number of nitrogens with zero attached hydrogens (tertiary/aromatic N) is 4. The van der Waals surface area contributed by atoms with Crippen molar-refractivity contribution in [2.24, 2.45) is 10.9 Å². The summed E-state index contributed by atoms with van der Waals surface area (Å²) in [6.45, 7) is 8.55. The Labute approximate surface area is 138 Å². The lowest BCUT2D eigenvalue weighted by Gasteiger charge is -2.17. The van der Waals surface area contributed by atoms with Gasteiger partial charge in [-0.25, -0.2) is 4.99 Å². The monoisotopic (exact) mass is 320 g/mol. The minimum absolute atomic E-state index is 0.115. The number of hydrogen-bond donors (Lipinski definition) is 2. The molecule has 2 rings (SSSR count). The highest BCUT2D eigenvalue weighted by molar-refractivity contribution is 5.85. The highest BCUT2D eigenvalue weighted by Crippen LogP contribution is 2.07. The quantitative estimate of drug-likeness (QED) is 0.573. The molecule has 1 aliphatic heterocycles. The number of amides is 1. The van der Waals surface area contributed by atoms with Crippen LogP contribution in [0.2, 0.25) is 0 Å². The van der Waals surface area contributed by atoms with Gasteiger partial charge in [-0.1, -0.05) is 6.92 Å². The molecule has 7 heteroatoms. The maximum absolute atomic E-state index is 12.1. The van der Waals surface area contributed by atoms with Gasteiger partial charge in [-0.2, -0.15) is 5.10 Å². The number of rotatable bonds is 7. The van der Waals surface area contributed by atoms with Gasteiger partial charge in [0, 0.05) is 45.1 Å². The van der Waals surface area contributed by atoms with E-state index in [-0.39, 0.29) is 12.5 Å². The Balaban J connectivity index is 1.77. The van der Waals surface area contributed by atoms with Crippen LogP contribution in [-0.4, -0.2) is 59.3 Å². The van der Waals surface area contributed by atoms with Crippen LogP contribution in [0.15, 0.2) is 23.5 Å². The Morgan fingerprint density at radius 1 is 1.35 bits per heavy atom. The first kappa shape index (κ1) is 17.3. The second kappa shape index (κ2) is 9.17. The first-order chi connectivity index (χ1) is 11.2. The molecule has 0 aliphatic carbocycles. The van der Waals surface area contributed by atoms with E-state index in [1.54, 1.807) is 6.20 Å². The van der Waals surface area contributed by atoms with Gasteiger partial charge in [0.1, 0.15) is 6.54 Å². The molecule has 0 radical (unpaired) electrons. The second-order valence-electron chi connectivity index (χ2n) is 6.00. The van der Waals surface area contributed by atoms with Crippen LogP contribution in [0.3, 0.4) is 0 Å². The molecule has 0 spiro atoms. The molecule has 0 bridgehead atoms. The van der Waals surface area contributed by atoms with Gasteiger partial charge in [-0.3, -0.25) is 9.48 Å². The molecule has 0 aromatic carbocycles. The van der Waals surface area contributed by atoms with Crippen molar-refractivity contribution in [1.29, 1.82) is 0 Å². The summed E-state index contributed by atoms with van der Waals surface area (Å²) < 4.78 is 1.92. The van der Waals surface area contributed by atoms with Crippen LogP contribution in [0, 0.1) is 5.92 Å². The fraction of sp³-hybridized carbons (Fsp3) is 0.688. The number of guanidine groups is 1. The Hall–Kier alpha value is -2.05. The van der Waals surface area contributed by atoms with E-state index in [4.69, 9.17) is 0 Å². The van der Waals surface area contributed by atoms with Crippen LogP contribution >= 0.6 is 0 Å². The van der Waals surface area contributed by atoms with Crippen LogP contribution in [-0.2, 0) is 11.3 Å². The van der Waals surface area contributed by atoms with Gasteiger partial charge < -0.3 is 15.5 Å². The number of aliphatic imine (C=N–C) groups is 1. The summed E-state index contributed by atoms with van der Waals surface area (Å²) in [5, 5.41) is 10.7. The molecule has 7 nitrogen and oxygen atoms in total. The van der Waals surface area contributed by atoms with Gasteiger partial charge >= 0.3 is 0 Å². The van der Waals surface area contributed by atoms with Crippen molar-refractivity contribution < 1.29 is 4.79 Å². The van der Waals surface area contributed by atoms with Crippen molar-refractivity contribution in [3.05, 3.63) is 18.5 Å². The SMILES string of the molecule is CCNC(=NCC(=O)N1CCCC1)NCC(C)Cn1cccn1. The Bertz CT molecular complexity index is 493. The van der Waals surface area contributed by atoms with Gasteiger partial charge in [0.15, 0.2) is 5.96 Å². The highest BCUT2D eigenvalue weighted by Gasteiger charge is 2.17. The van der Waals surface area contributed by atoms with Crippen LogP contribution in [0.4, 0.5) is 0 Å². The lowest BCUT2D eigenvalue weighted by Crippen LogP contribution is -2.41. The highest BCUT2D eigenvalue weighted by atomic mass is 16.2. The number of carbonyl (C=O) groups is 1. The van der Waals surface area contributed by atoms with Gasteiger partial charge in [-0.05, 0) is 31.7 Å². The van der Waals surface area contributed by atoms with E-state index in [1.165, 1.54) is 0 Å². The zero-order valence-electron chi connectivity index (χ0n) is 14.2. The molecular formula is C16H28N6O. The van der Waals surface area contributed by atoms with Crippen LogP contribution in [0.1, 0.15) is 26.7 Å². The Morgan fingerprint density at radius 2 is 2.13 bits per heavy atom. The van der Waals surface area contributed by atoms with Crippen LogP contribution < -0.4 is 10.6 Å². The molecule has 128 valence electrons. The summed E-state index contributed by atoms with van der Waals surface area (Å²) >= 11 is 0. The molecule has 1 saturated heterocycles. The molecule has 1 unspecified atom stereocenters. The van der Waals surface area contributed by atoms with Crippen molar-refractivity contribution in [3.63, 3.8) is 0 Å². The maximum atomic E-state index is 12.1. The predicted molar refractivity (Wildman–Crippen MR) is 91.2 cm³/mol. The molecule has 2 heterocycles. The molecule has 2 N–H and O–H groups in total. The minimum atomic E-state index is 0.115. The van der Waals surface area contributed by atoms with Gasteiger partial charge in [0.2, 0.25) is 5.91 Å². The van der Waals surface area contributed by atoms with Crippen molar-refractivity contribution in [2.45, 2.75) is 33.2 Å². The van der Waals surface area contributed by atoms with E-state index in [1.807, 2.05) is 28.8 Å². The third kappa shape index (κ3) is 5.92. The van der Waals surface area contributed by atoms with E-state index < -0.39 is 0 Å². The largest absolute Gasteiger partial charge is 0.357 e. The fourth-order valence-electron chi connectivity index (χ4n) is 2.62. The standard InChI is InChI=1S/C16H28N6O/c1-3-17-16(19-12-15(23)21-8-4-5-9-21)18-11-14(2)13-22-10-6-7-20-22/h6-7,10,14H,3-5,8-9,11-13H2,1-2H3,(H2,17,18,19). The normalized spacial score (nSPS) is 16.4. The topological polar surface area (TPSA) is 74.6 Å². The van der Waals surface area contributed by atoms with E-state index in [0.29, 0.717) is 11.9 Å². The Kier molecular flexibility index (Phi) is 6.90. The fourth-order valence-corrected chi connectivity index (χ4v) is 2.62. The molecule has 1 aromatic rings. The average Bonchev–Trinajstić information content (AvgIpc) is 3.23. The lowest BCUT2D eigenvalue weighted by molar-refractivity contribution is -0.128. The molecule has 1 atom stereocenters. The predicted octanol–water partition coefficient (Wildman–Crippen LogP) is 0.697. The molecule has 1 amide bonds. The smallest absolute Gasteiger partial charge is 0.244 e. The number of likely N-dealkylation sites (tertiary alicyclic amines) is 1. The Morgan fingerprint density at radius 3 is 2.78 bits per heavy atom. The molecule has 1 aliphatic rings. The molecule has 23 heavy (non-hydrogen) atoms. The number of aromatic nitrogens is 2. The second-order valence-corrected chi connectivity index (χ2v) is 6.00. The van der Waals surface area contributed by atoms with Crippen LogP contribution in [0.25, 0.3) is 0 Å². The van der Waals surface area contributed by atoms with Crippen molar-refractivity contribution in [1.82, 2.24) is 25.3 Å². The van der Waals surface area contributed by atoms with Gasteiger partial charge in [0.25, 0.3) is 0 Å². The molecule has 1 fully saturated rings. The van der Waals surface area contributed by atoms with E-state index in [2.05, 4.69) is 27.6 Å². The number of carbonyl (C=O) groups excluding carboxylic acids is 1. The molecule has 1 aromatic heterocycles. The number of hydrogen-bond acceptors (Lipinski definition) is 3. The summed E-state index contributed by atoms with van der Waals surface area (Å²) in [6, 6.07) is 1.93. The first-order valence-electron chi connectivity index (χ1n) is 8.46. The lowest BCUT2D eigenvalue weighted by atomic mass is 10.2. The van der Waals surface area contributed by atoms with Crippen LogP contribution in [0.5, 0.6) is 0 Å². The van der Waals surface area contributed by atoms with Crippen molar-refractivity contribution in [3.8, 4) is 0 Å². The van der Waals surface area contributed by atoms with Crippen molar-refractivity contribution in [2.75, 3.05) is 32.7 Å². The first-order valence-corrected chi connectivity index (χ1v) is 8.46. The zero-order valence-corrected chi connectivity index (χ0v) is 14.2. The van der Waals surface area contributed by atoms with E-state index in [0.717, 1.165) is 45.6 Å². The summed E-state index contributed by atoms with van der Waals surface area (Å²) in [4.78, 5) is 18.4. The average molecular weight is 320 g/mol. The molecule has 0 saturated carbocycles. The minimum Gasteiger partial charge on any atom is -0.357 e. The van der Waals surface area contributed by atoms with Gasteiger partial charge in [0.05, 0.1) is 0 Å². The van der Waals surface area contributed by atoms with E-state index >= 15 is 0 Å². The maximum Gasteiger partial charge on any atom is 0.244 e. The third-order valence-corrected chi connectivity index (χ3v) is 3.85. The zero-order chi connectivity index (χ0) is 16.5. The summed E-state index contributed by atoms with van der Waals surface area (Å²) in [6.07, 6.45) is 5.97. The number of nitrogens with one attached hydrogen (secondary N) is 2. The molecular weight excluding hydrogens is 292 g/mol. The van der Waals surface area contributed by atoms with Crippen molar-refractivity contribution >= 4 is 11.9 Å².